The molecule has 0 unspecified atom stereocenters. The highest BCUT2D eigenvalue weighted by molar-refractivity contribution is 5.08. The maximum absolute atomic E-state index is 3.58. The zero-order valence-corrected chi connectivity index (χ0v) is 7.22. The van der Waals surface area contributed by atoms with E-state index >= 15 is 0 Å². The van der Waals surface area contributed by atoms with Crippen LogP contribution < -0.4 is 5.32 Å². The molecular weight excluding hydrogens is 134 g/mol. The summed E-state index contributed by atoms with van der Waals surface area (Å²) in [4.78, 5) is 0. The molecule has 0 radical (unpaired) electrons. The molecule has 0 aromatic carbocycles. The first-order valence-electron chi connectivity index (χ1n) is 4.00. The van der Waals surface area contributed by atoms with Crippen molar-refractivity contribution < 1.29 is 0 Å². The minimum atomic E-state index is 1.09. The molecule has 0 aliphatic carbocycles. The van der Waals surface area contributed by atoms with Crippen LogP contribution in [-0.4, -0.2) is 13.6 Å². The van der Waals surface area contributed by atoms with E-state index in [1.807, 2.05) is 19.2 Å². The molecule has 0 heterocycles. The molecule has 1 nitrogen and oxygen atoms in total. The third-order valence-corrected chi connectivity index (χ3v) is 1.29. The SMILES string of the molecule is C=C/C=C\C=C\CCCNC. The summed E-state index contributed by atoms with van der Waals surface area (Å²) in [5.41, 5.74) is 0. The molecule has 0 fully saturated rings. The summed E-state index contributed by atoms with van der Waals surface area (Å²) in [5.74, 6) is 0. The fourth-order valence-corrected chi connectivity index (χ4v) is 0.714. The van der Waals surface area contributed by atoms with E-state index < -0.39 is 0 Å². The van der Waals surface area contributed by atoms with Gasteiger partial charge in [-0.1, -0.05) is 37.0 Å². The van der Waals surface area contributed by atoms with Gasteiger partial charge in [-0.05, 0) is 26.4 Å². The first-order chi connectivity index (χ1) is 5.41. The van der Waals surface area contributed by atoms with E-state index in [0.29, 0.717) is 0 Å². The average Bonchev–Trinajstić information content (AvgIpc) is 2.03. The van der Waals surface area contributed by atoms with E-state index in [9.17, 15) is 0 Å². The zero-order chi connectivity index (χ0) is 8.36. The van der Waals surface area contributed by atoms with Crippen LogP contribution in [-0.2, 0) is 0 Å². The Labute approximate surface area is 69.5 Å². The Morgan fingerprint density at radius 1 is 1.27 bits per heavy atom. The summed E-state index contributed by atoms with van der Waals surface area (Å²) >= 11 is 0. The lowest BCUT2D eigenvalue weighted by molar-refractivity contribution is 0.735. The lowest BCUT2D eigenvalue weighted by Crippen LogP contribution is -2.06. The van der Waals surface area contributed by atoms with E-state index in [0.717, 1.165) is 13.0 Å². The molecule has 0 aromatic rings. The van der Waals surface area contributed by atoms with Gasteiger partial charge < -0.3 is 5.32 Å². The van der Waals surface area contributed by atoms with Crippen molar-refractivity contribution in [3.8, 4) is 0 Å². The topological polar surface area (TPSA) is 12.0 Å². The number of allylic oxidation sites excluding steroid dienone is 5. The zero-order valence-electron chi connectivity index (χ0n) is 7.22. The summed E-state index contributed by atoms with van der Waals surface area (Å²) in [5, 5.41) is 3.10. The highest BCUT2D eigenvalue weighted by atomic mass is 14.8. The van der Waals surface area contributed by atoms with Crippen molar-refractivity contribution in [2.45, 2.75) is 12.8 Å². The van der Waals surface area contributed by atoms with Crippen molar-refractivity contribution in [2.75, 3.05) is 13.6 Å². The van der Waals surface area contributed by atoms with Crippen LogP contribution in [0.2, 0.25) is 0 Å². The maximum atomic E-state index is 3.58. The van der Waals surface area contributed by atoms with Crippen LogP contribution >= 0.6 is 0 Å². The Kier molecular flexibility index (Phi) is 8.50. The molecule has 0 atom stereocenters. The summed E-state index contributed by atoms with van der Waals surface area (Å²) in [6, 6.07) is 0. The molecule has 0 amide bonds. The minimum absolute atomic E-state index is 1.09. The van der Waals surface area contributed by atoms with E-state index in [4.69, 9.17) is 0 Å². The molecule has 0 aliphatic heterocycles. The fraction of sp³-hybridized carbons (Fsp3) is 0.400. The number of hydrogen-bond donors (Lipinski definition) is 1. The molecule has 0 spiro atoms. The minimum Gasteiger partial charge on any atom is -0.320 e. The number of unbranched alkanes of at least 4 members (excludes halogenated alkanes) is 1. The highest BCUT2D eigenvalue weighted by Crippen LogP contribution is 1.89. The van der Waals surface area contributed by atoms with Crippen molar-refractivity contribution in [2.24, 2.45) is 0 Å². The number of rotatable bonds is 6. The van der Waals surface area contributed by atoms with Crippen LogP contribution in [0, 0.1) is 0 Å². The van der Waals surface area contributed by atoms with Crippen LogP contribution in [0.4, 0.5) is 0 Å². The van der Waals surface area contributed by atoms with Crippen molar-refractivity contribution in [3.05, 3.63) is 37.0 Å². The molecule has 62 valence electrons. The van der Waals surface area contributed by atoms with Crippen LogP contribution in [0.15, 0.2) is 37.0 Å². The lowest BCUT2D eigenvalue weighted by atomic mass is 10.3. The summed E-state index contributed by atoms with van der Waals surface area (Å²) < 4.78 is 0. The van der Waals surface area contributed by atoms with Crippen LogP contribution in [0.5, 0.6) is 0 Å². The second-order valence-corrected chi connectivity index (χ2v) is 2.29. The average molecular weight is 151 g/mol. The molecule has 0 rings (SSSR count). The van der Waals surface area contributed by atoms with Crippen molar-refractivity contribution in [1.82, 2.24) is 5.32 Å². The van der Waals surface area contributed by atoms with Gasteiger partial charge in [-0.2, -0.15) is 0 Å². The molecule has 1 N–H and O–H groups in total. The normalized spacial score (nSPS) is 11.4. The van der Waals surface area contributed by atoms with E-state index in [1.54, 1.807) is 6.08 Å². The van der Waals surface area contributed by atoms with Crippen molar-refractivity contribution >= 4 is 0 Å². The summed E-state index contributed by atoms with van der Waals surface area (Å²) in [6.45, 7) is 4.67. The Morgan fingerprint density at radius 3 is 2.73 bits per heavy atom. The number of nitrogens with one attached hydrogen (secondary N) is 1. The molecular formula is C10H17N. The monoisotopic (exact) mass is 151 g/mol. The molecule has 0 saturated heterocycles. The Bertz CT molecular complexity index is 134. The maximum Gasteiger partial charge on any atom is -0.00490 e. The summed E-state index contributed by atoms with van der Waals surface area (Å²) in [7, 11) is 1.97. The van der Waals surface area contributed by atoms with Crippen LogP contribution in [0.3, 0.4) is 0 Å². The quantitative estimate of drug-likeness (QED) is 0.453. The predicted octanol–water partition coefficient (Wildman–Crippen LogP) is 2.28. The molecule has 0 aliphatic rings. The first-order valence-corrected chi connectivity index (χ1v) is 4.00. The Balaban J connectivity index is 3.15. The second-order valence-electron chi connectivity index (χ2n) is 2.29. The van der Waals surface area contributed by atoms with Gasteiger partial charge in [0, 0.05) is 0 Å². The standard InChI is InChI=1S/C10H17N/c1-3-4-5-6-7-8-9-10-11-2/h3-7,11H,1,8-10H2,2H3/b5-4-,7-6+. The van der Waals surface area contributed by atoms with Gasteiger partial charge in [-0.25, -0.2) is 0 Å². The van der Waals surface area contributed by atoms with Crippen LogP contribution in [0.1, 0.15) is 12.8 Å². The largest absolute Gasteiger partial charge is 0.320 e. The van der Waals surface area contributed by atoms with E-state index in [1.165, 1.54) is 6.42 Å². The number of hydrogen-bond acceptors (Lipinski definition) is 1. The first kappa shape index (κ1) is 10.2. The Hall–Kier alpha value is -0.820. The smallest absolute Gasteiger partial charge is 0.00490 e. The van der Waals surface area contributed by atoms with Gasteiger partial charge in [0.2, 0.25) is 0 Å². The van der Waals surface area contributed by atoms with Crippen LogP contribution in [0.25, 0.3) is 0 Å². The van der Waals surface area contributed by atoms with E-state index in [-0.39, 0.29) is 0 Å². The third-order valence-electron chi connectivity index (χ3n) is 1.29. The van der Waals surface area contributed by atoms with Gasteiger partial charge in [0.05, 0.1) is 0 Å². The fourth-order valence-electron chi connectivity index (χ4n) is 0.714. The third kappa shape index (κ3) is 9.18. The van der Waals surface area contributed by atoms with Gasteiger partial charge >= 0.3 is 0 Å². The van der Waals surface area contributed by atoms with Gasteiger partial charge in [0.1, 0.15) is 0 Å². The molecule has 0 saturated carbocycles. The predicted molar refractivity (Wildman–Crippen MR) is 51.6 cm³/mol. The Morgan fingerprint density at radius 2 is 2.09 bits per heavy atom. The van der Waals surface area contributed by atoms with Crippen molar-refractivity contribution in [1.29, 1.82) is 0 Å². The van der Waals surface area contributed by atoms with Gasteiger partial charge in [0.25, 0.3) is 0 Å². The second kappa shape index (κ2) is 9.18. The molecule has 11 heavy (non-hydrogen) atoms. The summed E-state index contributed by atoms with van der Waals surface area (Å²) in [6.07, 6.45) is 12.3. The molecule has 0 bridgehead atoms. The van der Waals surface area contributed by atoms with Gasteiger partial charge in [-0.3, -0.25) is 0 Å². The molecule has 0 aromatic heterocycles. The van der Waals surface area contributed by atoms with Gasteiger partial charge in [-0.15, -0.1) is 0 Å². The van der Waals surface area contributed by atoms with Gasteiger partial charge in [0.15, 0.2) is 0 Å². The lowest BCUT2D eigenvalue weighted by Gasteiger charge is -1.92. The highest BCUT2D eigenvalue weighted by Gasteiger charge is 1.77. The van der Waals surface area contributed by atoms with E-state index in [2.05, 4.69) is 24.0 Å². The van der Waals surface area contributed by atoms with Crippen molar-refractivity contribution in [3.63, 3.8) is 0 Å². The molecule has 1 heteroatoms.